The molecule has 9 heteroatoms. The molecule has 3 aliphatic rings. The van der Waals surface area contributed by atoms with Crippen LogP contribution in [0.1, 0.15) is 114 Å². The van der Waals surface area contributed by atoms with E-state index in [1.165, 1.54) is 11.1 Å². The predicted octanol–water partition coefficient (Wildman–Crippen LogP) is 8.68. The molecule has 41 heavy (non-hydrogen) atoms. The van der Waals surface area contributed by atoms with Gasteiger partial charge >= 0.3 is 12.1 Å². The van der Waals surface area contributed by atoms with Crippen molar-refractivity contribution in [1.82, 2.24) is 0 Å². The molecule has 0 bridgehead atoms. The highest BCUT2D eigenvalue weighted by Crippen LogP contribution is 2.62. The molecule has 4 unspecified atom stereocenters. The number of halogens is 5. The van der Waals surface area contributed by atoms with Crippen LogP contribution in [0.25, 0.3) is 0 Å². The number of unbranched alkanes of at least 4 members (excludes halogenated alkanes) is 6. The summed E-state index contributed by atoms with van der Waals surface area (Å²) in [6, 6.07) is 5.92. The van der Waals surface area contributed by atoms with Crippen LogP contribution in [0, 0.1) is 23.2 Å². The Morgan fingerprint density at radius 1 is 0.927 bits per heavy atom. The Labute approximate surface area is 244 Å². The summed E-state index contributed by atoms with van der Waals surface area (Å²) in [7, 11) is -1.35. The SMILES string of the molecule is C[C@]12CCC3c4ccc(O)cc4CC(CCCCCCCCC[S@](=O)CCCC(F)(F)C(F)(F)F)C3C1CC[C@@H]2O. The summed E-state index contributed by atoms with van der Waals surface area (Å²) in [6.07, 6.45) is 5.97. The van der Waals surface area contributed by atoms with Crippen molar-refractivity contribution in [3.63, 3.8) is 0 Å². The van der Waals surface area contributed by atoms with Crippen molar-refractivity contribution in [3.8, 4) is 5.75 Å². The number of alkyl halides is 5. The fourth-order valence-electron chi connectivity index (χ4n) is 8.28. The molecule has 2 N–H and O–H groups in total. The van der Waals surface area contributed by atoms with Gasteiger partial charge in [-0.1, -0.05) is 51.5 Å². The number of fused-ring (bicyclic) bond motifs is 5. The lowest BCUT2D eigenvalue weighted by molar-refractivity contribution is -0.284. The van der Waals surface area contributed by atoms with Crippen LogP contribution in [0.2, 0.25) is 0 Å². The fraction of sp³-hybridized carbons (Fsp3) is 0.812. The molecule has 0 radical (unpaired) electrons. The standard InChI is InChI=1S/C32H47F5O3S/c1-30-17-15-26-25-12-11-24(38)21-23(25)20-22(29(26)27(30)13-14-28(30)39)10-7-5-3-2-4-6-8-18-41(40)19-9-16-31(33,34)32(35,36)37/h11-12,21-22,26-29,38-39H,2-10,13-20H2,1H3/t22?,26?,27?,28-,29?,30-,41-/m0/s1. The first-order valence-electron chi connectivity index (χ1n) is 15.6. The molecule has 3 nitrogen and oxygen atoms in total. The van der Waals surface area contributed by atoms with E-state index in [1.54, 1.807) is 0 Å². The van der Waals surface area contributed by atoms with Crippen LogP contribution in [0.15, 0.2) is 18.2 Å². The smallest absolute Gasteiger partial charge is 0.453 e. The van der Waals surface area contributed by atoms with Gasteiger partial charge in [0.1, 0.15) is 5.75 Å². The highest BCUT2D eigenvalue weighted by molar-refractivity contribution is 7.84. The number of phenols is 1. The first-order valence-corrected chi connectivity index (χ1v) is 17.1. The normalized spacial score (nSPS) is 30.5. The monoisotopic (exact) mass is 606 g/mol. The highest BCUT2D eigenvalue weighted by Gasteiger charge is 2.57. The predicted molar refractivity (Wildman–Crippen MR) is 153 cm³/mol. The van der Waals surface area contributed by atoms with Gasteiger partial charge in [-0.15, -0.1) is 0 Å². The van der Waals surface area contributed by atoms with Crippen molar-refractivity contribution in [1.29, 1.82) is 0 Å². The summed E-state index contributed by atoms with van der Waals surface area (Å²) in [5, 5.41) is 21.0. The van der Waals surface area contributed by atoms with Gasteiger partial charge in [-0.05, 0) is 104 Å². The Kier molecular flexibility index (Phi) is 10.8. The summed E-state index contributed by atoms with van der Waals surface area (Å²) < 4.78 is 74.5. The first-order chi connectivity index (χ1) is 19.3. The van der Waals surface area contributed by atoms with Crippen molar-refractivity contribution >= 4 is 10.8 Å². The number of aliphatic hydroxyl groups is 1. The molecular weight excluding hydrogens is 559 g/mol. The van der Waals surface area contributed by atoms with E-state index in [9.17, 15) is 36.4 Å². The number of hydrogen-bond acceptors (Lipinski definition) is 3. The molecular formula is C32H47F5O3S. The minimum absolute atomic E-state index is 0.0195. The van der Waals surface area contributed by atoms with E-state index in [0.717, 1.165) is 77.0 Å². The first kappa shape index (κ1) is 32.7. The number of rotatable bonds is 14. The van der Waals surface area contributed by atoms with Crippen molar-refractivity contribution in [2.24, 2.45) is 23.2 Å². The average molecular weight is 607 g/mol. The van der Waals surface area contributed by atoms with Gasteiger partial charge in [0.2, 0.25) is 0 Å². The molecule has 234 valence electrons. The lowest BCUT2D eigenvalue weighted by atomic mass is 9.52. The van der Waals surface area contributed by atoms with E-state index in [0.29, 0.717) is 41.6 Å². The number of aliphatic hydroxyl groups excluding tert-OH is 1. The molecule has 7 atom stereocenters. The molecule has 0 saturated heterocycles. The van der Waals surface area contributed by atoms with Gasteiger partial charge in [-0.25, -0.2) is 0 Å². The molecule has 3 aliphatic carbocycles. The summed E-state index contributed by atoms with van der Waals surface area (Å²) in [4.78, 5) is 0. The van der Waals surface area contributed by atoms with Gasteiger partial charge in [-0.3, -0.25) is 4.21 Å². The van der Waals surface area contributed by atoms with Crippen LogP contribution in [0.4, 0.5) is 22.0 Å². The third-order valence-corrected chi connectivity index (χ3v) is 12.0. The van der Waals surface area contributed by atoms with Gasteiger partial charge in [0.05, 0.1) is 6.10 Å². The minimum Gasteiger partial charge on any atom is -0.508 e. The van der Waals surface area contributed by atoms with Gasteiger partial charge in [-0.2, -0.15) is 22.0 Å². The Morgan fingerprint density at radius 3 is 2.29 bits per heavy atom. The molecule has 0 spiro atoms. The van der Waals surface area contributed by atoms with Gasteiger partial charge in [0, 0.05) is 28.7 Å². The third-order valence-electron chi connectivity index (χ3n) is 10.6. The van der Waals surface area contributed by atoms with E-state index in [1.807, 2.05) is 12.1 Å². The van der Waals surface area contributed by atoms with Crippen LogP contribution in [-0.2, 0) is 17.2 Å². The van der Waals surface area contributed by atoms with Crippen molar-refractivity contribution < 1.29 is 36.4 Å². The lowest BCUT2D eigenvalue weighted by Gasteiger charge is -2.53. The molecule has 1 aromatic rings. The van der Waals surface area contributed by atoms with E-state index in [-0.39, 0.29) is 17.3 Å². The van der Waals surface area contributed by atoms with Gasteiger partial charge in [0.25, 0.3) is 0 Å². The summed E-state index contributed by atoms with van der Waals surface area (Å²) >= 11 is 0. The van der Waals surface area contributed by atoms with Crippen LogP contribution in [-0.4, -0.2) is 44.1 Å². The third kappa shape index (κ3) is 7.66. The summed E-state index contributed by atoms with van der Waals surface area (Å²) in [6.45, 7) is 2.30. The lowest BCUT2D eigenvalue weighted by Crippen LogP contribution is -2.47. The molecule has 0 aromatic heterocycles. The molecule has 1 aromatic carbocycles. The number of benzene rings is 1. The Hall–Kier alpha value is -1.22. The minimum atomic E-state index is -5.54. The molecule has 2 saturated carbocycles. The summed E-state index contributed by atoms with van der Waals surface area (Å²) in [5.41, 5.74) is 2.73. The van der Waals surface area contributed by atoms with E-state index in [4.69, 9.17) is 0 Å². The van der Waals surface area contributed by atoms with Crippen LogP contribution >= 0.6 is 0 Å². The zero-order chi connectivity index (χ0) is 29.8. The molecule has 2 fully saturated rings. The Balaban J connectivity index is 1.15. The van der Waals surface area contributed by atoms with Crippen molar-refractivity contribution in [3.05, 3.63) is 29.3 Å². The maximum Gasteiger partial charge on any atom is 0.453 e. The van der Waals surface area contributed by atoms with E-state index in [2.05, 4.69) is 13.0 Å². The van der Waals surface area contributed by atoms with Crippen molar-refractivity contribution in [2.75, 3.05) is 11.5 Å². The van der Waals surface area contributed by atoms with Crippen LogP contribution in [0.5, 0.6) is 5.75 Å². The van der Waals surface area contributed by atoms with E-state index < -0.39 is 35.7 Å². The van der Waals surface area contributed by atoms with Gasteiger partial charge in [0.15, 0.2) is 0 Å². The Morgan fingerprint density at radius 2 is 1.59 bits per heavy atom. The van der Waals surface area contributed by atoms with Gasteiger partial charge < -0.3 is 10.2 Å². The molecule has 4 rings (SSSR count). The Bertz CT molecular complexity index is 1030. The zero-order valence-corrected chi connectivity index (χ0v) is 25.1. The zero-order valence-electron chi connectivity index (χ0n) is 24.2. The maximum atomic E-state index is 13.0. The fourth-order valence-corrected chi connectivity index (χ4v) is 9.48. The van der Waals surface area contributed by atoms with E-state index >= 15 is 0 Å². The second-order valence-electron chi connectivity index (χ2n) is 13.2. The summed E-state index contributed by atoms with van der Waals surface area (Å²) in [5.74, 6) is -1.91. The quantitative estimate of drug-likeness (QED) is 0.165. The second kappa shape index (κ2) is 13.6. The molecule has 0 amide bonds. The molecule has 0 aliphatic heterocycles. The number of aromatic hydroxyl groups is 1. The molecule has 0 heterocycles. The van der Waals surface area contributed by atoms with Crippen LogP contribution in [0.3, 0.4) is 0 Å². The largest absolute Gasteiger partial charge is 0.508 e. The topological polar surface area (TPSA) is 57.5 Å². The maximum absolute atomic E-state index is 13.0. The van der Waals surface area contributed by atoms with Crippen molar-refractivity contribution in [2.45, 2.75) is 127 Å². The second-order valence-corrected chi connectivity index (χ2v) is 14.9. The number of phenolic OH excluding ortho intramolecular Hbond substituents is 1. The number of hydrogen-bond donors (Lipinski definition) is 2. The van der Waals surface area contributed by atoms with Crippen LogP contribution < -0.4 is 0 Å². The average Bonchev–Trinajstić information content (AvgIpc) is 3.20. The highest BCUT2D eigenvalue weighted by atomic mass is 32.2.